The highest BCUT2D eigenvalue weighted by molar-refractivity contribution is 5.68. The van der Waals surface area contributed by atoms with Crippen molar-refractivity contribution in [1.29, 1.82) is 0 Å². The standard InChI is InChI=1S/C23H42O7/c1-23(2,27-4)29-16-18-17(11-7-5-6-8-12-21(25)26-3)19(24)15-20(18)30-22-13-9-10-14-28-22/h17-20,22,24H,5-16H2,1-4H3/t17-,18+,19+,20-,22?/m1/s1. The van der Waals surface area contributed by atoms with Gasteiger partial charge in [-0.1, -0.05) is 19.3 Å². The smallest absolute Gasteiger partial charge is 0.305 e. The van der Waals surface area contributed by atoms with Crippen LogP contribution in [0, 0.1) is 11.8 Å². The predicted molar refractivity (Wildman–Crippen MR) is 113 cm³/mol. The van der Waals surface area contributed by atoms with E-state index in [0.29, 0.717) is 19.4 Å². The summed E-state index contributed by atoms with van der Waals surface area (Å²) in [5.74, 6) is -0.580. The second kappa shape index (κ2) is 13.0. The summed E-state index contributed by atoms with van der Waals surface area (Å²) < 4.78 is 28.2. The summed E-state index contributed by atoms with van der Waals surface area (Å²) in [6.45, 7) is 5.03. The molecular weight excluding hydrogens is 388 g/mol. The van der Waals surface area contributed by atoms with Crippen LogP contribution in [0.4, 0.5) is 0 Å². The van der Waals surface area contributed by atoms with Crippen LogP contribution in [0.15, 0.2) is 0 Å². The van der Waals surface area contributed by atoms with E-state index in [0.717, 1.165) is 58.0 Å². The number of hydrogen-bond acceptors (Lipinski definition) is 7. The van der Waals surface area contributed by atoms with Gasteiger partial charge in [-0.15, -0.1) is 0 Å². The first-order valence-corrected chi connectivity index (χ1v) is 11.6. The fourth-order valence-corrected chi connectivity index (χ4v) is 4.42. The van der Waals surface area contributed by atoms with Gasteiger partial charge in [0.2, 0.25) is 0 Å². The summed E-state index contributed by atoms with van der Waals surface area (Å²) in [7, 11) is 3.06. The van der Waals surface area contributed by atoms with E-state index in [2.05, 4.69) is 4.74 Å². The number of hydrogen-bond donors (Lipinski definition) is 1. The van der Waals surface area contributed by atoms with Crippen molar-refractivity contribution in [1.82, 2.24) is 0 Å². The normalized spacial score (nSPS) is 29.8. The van der Waals surface area contributed by atoms with Crippen molar-refractivity contribution in [3.8, 4) is 0 Å². The average Bonchev–Trinajstić information content (AvgIpc) is 3.03. The molecule has 30 heavy (non-hydrogen) atoms. The quantitative estimate of drug-likeness (QED) is 0.270. The SMILES string of the molecule is COC(=O)CCCCCC[C@@H]1[C@H](COC(C)(C)OC)[C@H](OC2CCCCO2)C[C@@H]1O. The summed E-state index contributed by atoms with van der Waals surface area (Å²) in [5.41, 5.74) is 0. The Bertz CT molecular complexity index is 490. The van der Waals surface area contributed by atoms with Gasteiger partial charge in [0.15, 0.2) is 12.1 Å². The molecule has 7 heteroatoms. The summed E-state index contributed by atoms with van der Waals surface area (Å²) in [5, 5.41) is 10.8. The molecule has 1 aliphatic heterocycles. The number of unbranched alkanes of at least 4 members (excludes halogenated alkanes) is 3. The maximum atomic E-state index is 11.2. The van der Waals surface area contributed by atoms with Gasteiger partial charge in [0.1, 0.15) is 0 Å². The van der Waals surface area contributed by atoms with Crippen LogP contribution >= 0.6 is 0 Å². The largest absolute Gasteiger partial charge is 0.469 e. The second-order valence-corrected chi connectivity index (χ2v) is 9.05. The number of carbonyl (C=O) groups is 1. The van der Waals surface area contributed by atoms with Crippen molar-refractivity contribution in [3.05, 3.63) is 0 Å². The van der Waals surface area contributed by atoms with Gasteiger partial charge < -0.3 is 28.8 Å². The molecule has 0 aromatic rings. The van der Waals surface area contributed by atoms with Crippen LogP contribution in [0.25, 0.3) is 0 Å². The molecule has 1 saturated carbocycles. The number of ether oxygens (including phenoxy) is 5. The number of rotatable bonds is 13. The molecule has 0 amide bonds. The number of aliphatic hydroxyl groups is 1. The van der Waals surface area contributed by atoms with E-state index < -0.39 is 11.9 Å². The molecule has 1 saturated heterocycles. The third-order valence-electron chi connectivity index (χ3n) is 6.47. The first kappa shape index (κ1) is 25.5. The van der Waals surface area contributed by atoms with Gasteiger partial charge in [-0.2, -0.15) is 0 Å². The predicted octanol–water partition coefficient (Wildman–Crippen LogP) is 3.81. The monoisotopic (exact) mass is 430 g/mol. The van der Waals surface area contributed by atoms with Crippen molar-refractivity contribution >= 4 is 5.97 Å². The van der Waals surface area contributed by atoms with Gasteiger partial charge in [-0.25, -0.2) is 0 Å². The van der Waals surface area contributed by atoms with Crippen LogP contribution in [-0.4, -0.2) is 62.8 Å². The Balaban J connectivity index is 1.87. The van der Waals surface area contributed by atoms with Crippen molar-refractivity contribution in [2.24, 2.45) is 11.8 Å². The summed E-state index contributed by atoms with van der Waals surface area (Å²) in [6.07, 6.45) is 8.38. The summed E-state index contributed by atoms with van der Waals surface area (Å²) >= 11 is 0. The molecule has 0 aromatic carbocycles. The maximum Gasteiger partial charge on any atom is 0.305 e. The number of aliphatic hydroxyl groups excluding tert-OH is 1. The van der Waals surface area contributed by atoms with Crippen LogP contribution in [0.1, 0.15) is 78.1 Å². The minimum Gasteiger partial charge on any atom is -0.469 e. The van der Waals surface area contributed by atoms with Gasteiger partial charge in [-0.3, -0.25) is 4.79 Å². The molecule has 1 N–H and O–H groups in total. The Morgan fingerprint density at radius 3 is 2.53 bits per heavy atom. The van der Waals surface area contributed by atoms with Crippen molar-refractivity contribution < 1.29 is 33.6 Å². The summed E-state index contributed by atoms with van der Waals surface area (Å²) in [6, 6.07) is 0. The van der Waals surface area contributed by atoms with Crippen LogP contribution in [0.3, 0.4) is 0 Å². The number of carbonyl (C=O) groups excluding carboxylic acids is 1. The van der Waals surface area contributed by atoms with Gasteiger partial charge in [0.25, 0.3) is 0 Å². The highest BCUT2D eigenvalue weighted by Crippen LogP contribution is 2.40. The van der Waals surface area contributed by atoms with Crippen molar-refractivity contribution in [2.75, 3.05) is 27.4 Å². The number of methoxy groups -OCH3 is 2. The topological polar surface area (TPSA) is 83.5 Å². The molecule has 176 valence electrons. The fourth-order valence-electron chi connectivity index (χ4n) is 4.42. The lowest BCUT2D eigenvalue weighted by atomic mass is 9.89. The Morgan fingerprint density at radius 1 is 1.10 bits per heavy atom. The molecular formula is C23H42O7. The lowest BCUT2D eigenvalue weighted by Gasteiger charge is -2.32. The molecule has 0 spiro atoms. The zero-order valence-electron chi connectivity index (χ0n) is 19.3. The van der Waals surface area contributed by atoms with Crippen molar-refractivity contribution in [2.45, 2.75) is 102 Å². The van der Waals surface area contributed by atoms with Gasteiger partial charge in [0, 0.05) is 32.5 Å². The molecule has 1 heterocycles. The zero-order valence-corrected chi connectivity index (χ0v) is 19.3. The minimum absolute atomic E-state index is 0.0694. The van der Waals surface area contributed by atoms with Gasteiger partial charge in [0.05, 0.1) is 25.9 Å². The highest BCUT2D eigenvalue weighted by Gasteiger charge is 2.44. The van der Waals surface area contributed by atoms with Crippen LogP contribution < -0.4 is 0 Å². The van der Waals surface area contributed by atoms with Crippen molar-refractivity contribution in [3.63, 3.8) is 0 Å². The van der Waals surface area contributed by atoms with Crippen LogP contribution in [0.5, 0.6) is 0 Å². The van der Waals surface area contributed by atoms with E-state index in [1.807, 2.05) is 13.8 Å². The minimum atomic E-state index is -0.669. The molecule has 5 atom stereocenters. The maximum absolute atomic E-state index is 11.2. The van der Waals surface area contributed by atoms with E-state index in [9.17, 15) is 9.90 Å². The Morgan fingerprint density at radius 2 is 1.87 bits per heavy atom. The van der Waals surface area contributed by atoms with Gasteiger partial charge >= 0.3 is 5.97 Å². The Labute approximate surface area is 181 Å². The summed E-state index contributed by atoms with van der Waals surface area (Å²) in [4.78, 5) is 11.2. The first-order valence-electron chi connectivity index (χ1n) is 11.6. The first-order chi connectivity index (χ1) is 14.4. The van der Waals surface area contributed by atoms with E-state index in [4.69, 9.17) is 18.9 Å². The average molecular weight is 431 g/mol. The van der Waals surface area contributed by atoms with Crippen LogP contribution in [0.2, 0.25) is 0 Å². The Hall–Kier alpha value is -0.730. The zero-order chi connectivity index (χ0) is 22.0. The third-order valence-corrected chi connectivity index (χ3v) is 6.47. The highest BCUT2D eigenvalue weighted by atomic mass is 16.7. The van der Waals surface area contributed by atoms with Crippen LogP contribution in [-0.2, 0) is 28.5 Å². The van der Waals surface area contributed by atoms with E-state index >= 15 is 0 Å². The fraction of sp³-hybridized carbons (Fsp3) is 0.957. The molecule has 1 unspecified atom stereocenters. The molecule has 2 aliphatic rings. The van der Waals surface area contributed by atoms with E-state index in [-0.39, 0.29) is 30.2 Å². The second-order valence-electron chi connectivity index (χ2n) is 9.05. The molecule has 2 fully saturated rings. The lowest BCUT2D eigenvalue weighted by molar-refractivity contribution is -0.227. The Kier molecular flexibility index (Phi) is 11.0. The number of esters is 1. The van der Waals surface area contributed by atoms with E-state index in [1.54, 1.807) is 7.11 Å². The molecule has 0 radical (unpaired) electrons. The molecule has 1 aliphatic carbocycles. The van der Waals surface area contributed by atoms with Gasteiger partial charge in [-0.05, 0) is 51.9 Å². The molecule has 0 aromatic heterocycles. The van der Waals surface area contributed by atoms with E-state index in [1.165, 1.54) is 7.11 Å². The lowest BCUT2D eigenvalue weighted by Crippen LogP contribution is -2.37. The molecule has 2 rings (SSSR count). The third kappa shape index (κ3) is 8.42. The molecule has 0 bridgehead atoms. The molecule has 7 nitrogen and oxygen atoms in total.